The van der Waals surface area contributed by atoms with Gasteiger partial charge in [0, 0.05) is 17.3 Å². The van der Waals surface area contributed by atoms with Crippen molar-refractivity contribution < 1.29 is 14.3 Å². The van der Waals surface area contributed by atoms with E-state index in [4.69, 9.17) is 9.47 Å². The summed E-state index contributed by atoms with van der Waals surface area (Å²) in [5.74, 6) is 1.93. The Bertz CT molecular complexity index is 878. The summed E-state index contributed by atoms with van der Waals surface area (Å²) in [5, 5.41) is 6.00. The minimum atomic E-state index is -0.206. The van der Waals surface area contributed by atoms with Crippen LogP contribution in [-0.4, -0.2) is 25.1 Å². The topological polar surface area (TPSA) is 72.5 Å². The molecule has 0 aliphatic rings. The molecule has 1 amide bonds. The first kappa shape index (κ1) is 17.3. The number of benzene rings is 2. The SMILES string of the molecule is COc1ccc(C(=O)Nc2ccc(Nc3cccc(OC)c3)nc2)cc1. The van der Waals surface area contributed by atoms with Gasteiger partial charge < -0.3 is 20.1 Å². The van der Waals surface area contributed by atoms with Gasteiger partial charge in [0.15, 0.2) is 0 Å². The van der Waals surface area contributed by atoms with Crippen LogP contribution in [0, 0.1) is 0 Å². The number of hydrogen-bond donors (Lipinski definition) is 2. The lowest BCUT2D eigenvalue weighted by atomic mass is 10.2. The standard InChI is InChI=1S/C20H19N3O3/c1-25-17-9-6-14(7-10-17)20(24)23-16-8-11-19(21-13-16)22-15-4-3-5-18(12-15)26-2/h3-13H,1-2H3,(H,21,22)(H,23,24). The number of nitrogens with zero attached hydrogens (tertiary/aromatic N) is 1. The molecule has 26 heavy (non-hydrogen) atoms. The summed E-state index contributed by atoms with van der Waals surface area (Å²) in [5.41, 5.74) is 2.03. The predicted molar refractivity (Wildman–Crippen MR) is 101 cm³/mol. The summed E-state index contributed by atoms with van der Waals surface area (Å²) >= 11 is 0. The highest BCUT2D eigenvalue weighted by Gasteiger charge is 2.07. The number of hydrogen-bond acceptors (Lipinski definition) is 5. The maximum Gasteiger partial charge on any atom is 0.255 e. The van der Waals surface area contributed by atoms with Crippen LogP contribution in [0.2, 0.25) is 0 Å². The molecule has 0 radical (unpaired) electrons. The van der Waals surface area contributed by atoms with E-state index in [1.54, 1.807) is 56.8 Å². The molecule has 2 N–H and O–H groups in total. The molecule has 132 valence electrons. The second kappa shape index (κ2) is 8.02. The Labute approximate surface area is 151 Å². The van der Waals surface area contributed by atoms with E-state index < -0.39 is 0 Å². The molecule has 0 atom stereocenters. The number of amides is 1. The van der Waals surface area contributed by atoms with Crippen molar-refractivity contribution in [3.63, 3.8) is 0 Å². The Morgan fingerprint density at radius 3 is 2.31 bits per heavy atom. The van der Waals surface area contributed by atoms with Crippen molar-refractivity contribution in [2.24, 2.45) is 0 Å². The van der Waals surface area contributed by atoms with Gasteiger partial charge >= 0.3 is 0 Å². The van der Waals surface area contributed by atoms with E-state index in [9.17, 15) is 4.79 Å². The molecule has 0 bridgehead atoms. The molecule has 0 aliphatic heterocycles. The van der Waals surface area contributed by atoms with Crippen molar-refractivity contribution in [1.82, 2.24) is 4.98 Å². The molecule has 0 spiro atoms. The molecule has 1 heterocycles. The van der Waals surface area contributed by atoms with Crippen LogP contribution in [-0.2, 0) is 0 Å². The van der Waals surface area contributed by atoms with Gasteiger partial charge in [-0.3, -0.25) is 4.79 Å². The van der Waals surface area contributed by atoms with E-state index in [2.05, 4.69) is 15.6 Å². The Hall–Kier alpha value is -3.54. The third-order valence-electron chi connectivity index (χ3n) is 3.72. The molecule has 3 rings (SSSR count). The largest absolute Gasteiger partial charge is 0.497 e. The van der Waals surface area contributed by atoms with Crippen LogP contribution < -0.4 is 20.1 Å². The maximum absolute atomic E-state index is 12.3. The van der Waals surface area contributed by atoms with E-state index in [0.29, 0.717) is 22.8 Å². The van der Waals surface area contributed by atoms with E-state index >= 15 is 0 Å². The first-order chi connectivity index (χ1) is 12.7. The van der Waals surface area contributed by atoms with Crippen molar-refractivity contribution in [2.75, 3.05) is 24.9 Å². The molecule has 0 unspecified atom stereocenters. The fourth-order valence-corrected chi connectivity index (χ4v) is 2.34. The van der Waals surface area contributed by atoms with Gasteiger partial charge in [0.2, 0.25) is 0 Å². The highest BCUT2D eigenvalue weighted by molar-refractivity contribution is 6.04. The van der Waals surface area contributed by atoms with Crippen LogP contribution in [0.25, 0.3) is 0 Å². The number of pyridine rings is 1. The zero-order chi connectivity index (χ0) is 18.4. The number of ether oxygens (including phenoxy) is 2. The van der Waals surface area contributed by atoms with Gasteiger partial charge in [-0.1, -0.05) is 6.07 Å². The highest BCUT2D eigenvalue weighted by Crippen LogP contribution is 2.21. The van der Waals surface area contributed by atoms with Crippen molar-refractivity contribution in [2.45, 2.75) is 0 Å². The maximum atomic E-state index is 12.3. The molecule has 0 saturated carbocycles. The number of carbonyl (C=O) groups is 1. The van der Waals surface area contributed by atoms with Crippen LogP contribution in [0.4, 0.5) is 17.2 Å². The van der Waals surface area contributed by atoms with Crippen molar-refractivity contribution in [1.29, 1.82) is 0 Å². The predicted octanol–water partition coefficient (Wildman–Crippen LogP) is 4.09. The second-order valence-electron chi connectivity index (χ2n) is 5.47. The molecular weight excluding hydrogens is 330 g/mol. The third-order valence-corrected chi connectivity index (χ3v) is 3.72. The summed E-state index contributed by atoms with van der Waals surface area (Å²) in [7, 11) is 3.21. The van der Waals surface area contributed by atoms with Gasteiger partial charge in [-0.2, -0.15) is 0 Å². The zero-order valence-electron chi connectivity index (χ0n) is 14.5. The molecule has 1 aromatic heterocycles. The number of nitrogens with one attached hydrogen (secondary N) is 2. The zero-order valence-corrected chi connectivity index (χ0v) is 14.5. The lowest BCUT2D eigenvalue weighted by molar-refractivity contribution is 0.102. The first-order valence-electron chi connectivity index (χ1n) is 8.00. The normalized spacial score (nSPS) is 10.1. The fraction of sp³-hybridized carbons (Fsp3) is 0.100. The summed E-state index contributed by atoms with van der Waals surface area (Å²) in [6.07, 6.45) is 1.60. The molecule has 6 heteroatoms. The number of rotatable bonds is 6. The summed E-state index contributed by atoms with van der Waals surface area (Å²) in [6, 6.07) is 18.1. The molecule has 0 fully saturated rings. The van der Waals surface area contributed by atoms with Gasteiger partial charge in [0.25, 0.3) is 5.91 Å². The minimum Gasteiger partial charge on any atom is -0.497 e. The van der Waals surface area contributed by atoms with Gasteiger partial charge in [-0.25, -0.2) is 4.98 Å². The van der Waals surface area contributed by atoms with Gasteiger partial charge in [-0.05, 0) is 48.5 Å². The van der Waals surface area contributed by atoms with Crippen molar-refractivity contribution in [3.8, 4) is 11.5 Å². The minimum absolute atomic E-state index is 0.206. The molecule has 0 saturated heterocycles. The Morgan fingerprint density at radius 2 is 1.65 bits per heavy atom. The van der Waals surface area contributed by atoms with Crippen LogP contribution in [0.1, 0.15) is 10.4 Å². The van der Waals surface area contributed by atoms with Gasteiger partial charge in [0.05, 0.1) is 26.1 Å². The van der Waals surface area contributed by atoms with Crippen LogP contribution in [0.15, 0.2) is 66.9 Å². The molecule has 2 aromatic carbocycles. The Morgan fingerprint density at radius 1 is 0.885 bits per heavy atom. The summed E-state index contributed by atoms with van der Waals surface area (Å²) < 4.78 is 10.3. The van der Waals surface area contributed by atoms with Crippen LogP contribution >= 0.6 is 0 Å². The highest BCUT2D eigenvalue weighted by atomic mass is 16.5. The molecule has 0 aliphatic carbocycles. The monoisotopic (exact) mass is 349 g/mol. The number of methoxy groups -OCH3 is 2. The smallest absolute Gasteiger partial charge is 0.255 e. The number of aromatic nitrogens is 1. The lowest BCUT2D eigenvalue weighted by Crippen LogP contribution is -2.12. The molecule has 6 nitrogen and oxygen atoms in total. The van der Waals surface area contributed by atoms with Crippen LogP contribution in [0.5, 0.6) is 11.5 Å². The molecular formula is C20H19N3O3. The molecule has 3 aromatic rings. The van der Waals surface area contributed by atoms with E-state index in [-0.39, 0.29) is 5.91 Å². The summed E-state index contributed by atoms with van der Waals surface area (Å²) in [6.45, 7) is 0. The van der Waals surface area contributed by atoms with Crippen molar-refractivity contribution >= 4 is 23.1 Å². The van der Waals surface area contributed by atoms with Crippen molar-refractivity contribution in [3.05, 3.63) is 72.4 Å². The fourth-order valence-electron chi connectivity index (χ4n) is 2.34. The average Bonchev–Trinajstić information content (AvgIpc) is 2.69. The number of anilines is 3. The second-order valence-corrected chi connectivity index (χ2v) is 5.47. The van der Waals surface area contributed by atoms with Crippen LogP contribution in [0.3, 0.4) is 0 Å². The van der Waals surface area contributed by atoms with E-state index in [1.807, 2.05) is 24.3 Å². The van der Waals surface area contributed by atoms with Gasteiger partial charge in [-0.15, -0.1) is 0 Å². The number of carbonyl (C=O) groups excluding carboxylic acids is 1. The lowest BCUT2D eigenvalue weighted by Gasteiger charge is -2.09. The first-order valence-corrected chi connectivity index (χ1v) is 8.00. The quantitative estimate of drug-likeness (QED) is 0.701. The third kappa shape index (κ3) is 4.30. The van der Waals surface area contributed by atoms with E-state index in [1.165, 1.54) is 0 Å². The summed E-state index contributed by atoms with van der Waals surface area (Å²) in [4.78, 5) is 16.6. The van der Waals surface area contributed by atoms with Gasteiger partial charge in [0.1, 0.15) is 17.3 Å². The Balaban J connectivity index is 1.64. The Kier molecular flexibility index (Phi) is 5.34. The van der Waals surface area contributed by atoms with E-state index in [0.717, 1.165) is 11.4 Å². The average molecular weight is 349 g/mol.